The summed E-state index contributed by atoms with van der Waals surface area (Å²) in [5.74, 6) is 0.194. The van der Waals surface area contributed by atoms with Crippen molar-refractivity contribution in [3.63, 3.8) is 0 Å². The van der Waals surface area contributed by atoms with E-state index in [1.807, 2.05) is 0 Å². The monoisotopic (exact) mass is 325 g/mol. The molecular weight excluding hydrogens is 309 g/mol. The zero-order valence-electron chi connectivity index (χ0n) is 12.5. The van der Waals surface area contributed by atoms with Gasteiger partial charge in [0.2, 0.25) is 0 Å². The number of nitrogens with zero attached hydrogens (tertiary/aromatic N) is 4. The minimum absolute atomic E-state index is 0.0723. The number of carbonyl (C=O) groups excluding carboxylic acids is 1. The van der Waals surface area contributed by atoms with E-state index in [0.717, 1.165) is 0 Å². The Morgan fingerprint density at radius 2 is 2.27 bits per heavy atom. The van der Waals surface area contributed by atoms with Gasteiger partial charge in [-0.2, -0.15) is 0 Å². The number of benzene rings is 1. The molecule has 0 aliphatic rings. The van der Waals surface area contributed by atoms with Crippen LogP contribution in [-0.2, 0) is 13.6 Å². The Kier molecular flexibility index (Phi) is 4.97. The highest BCUT2D eigenvalue weighted by atomic mass is 35.5. The number of halogens is 2. The van der Waals surface area contributed by atoms with Crippen LogP contribution in [-0.4, -0.2) is 32.7 Å². The molecule has 1 heterocycles. The Bertz CT molecular complexity index is 655. The van der Waals surface area contributed by atoms with Gasteiger partial charge in [0, 0.05) is 24.7 Å². The summed E-state index contributed by atoms with van der Waals surface area (Å²) in [6.07, 6.45) is 1.56. The van der Waals surface area contributed by atoms with Crippen molar-refractivity contribution in [2.24, 2.45) is 7.05 Å². The Hall–Kier alpha value is -2.15. The highest BCUT2D eigenvalue weighted by Gasteiger charge is 2.18. The maximum absolute atomic E-state index is 13.7. The Morgan fingerprint density at radius 1 is 1.55 bits per heavy atom. The molecule has 2 aromatic rings. The minimum Gasteiger partial charge on any atom is -0.328 e. The molecule has 0 saturated carbocycles. The molecule has 0 aliphatic heterocycles. The number of aromatic nitrogens is 3. The normalized spacial score (nSPS) is 12.0. The number of nitrogens with one attached hydrogen (secondary N) is 1. The fourth-order valence-electron chi connectivity index (χ4n) is 2.04. The number of urea groups is 1. The molecule has 22 heavy (non-hydrogen) atoms. The van der Waals surface area contributed by atoms with Crippen molar-refractivity contribution in [3.8, 4) is 0 Å². The van der Waals surface area contributed by atoms with Crippen LogP contribution in [0.2, 0.25) is 5.02 Å². The first-order valence-corrected chi connectivity index (χ1v) is 7.06. The van der Waals surface area contributed by atoms with Crippen LogP contribution >= 0.6 is 11.6 Å². The number of amides is 2. The van der Waals surface area contributed by atoms with Crippen molar-refractivity contribution < 1.29 is 9.18 Å². The van der Waals surface area contributed by atoms with E-state index in [2.05, 4.69) is 15.5 Å². The molecule has 118 valence electrons. The largest absolute Gasteiger partial charge is 0.328 e. The van der Waals surface area contributed by atoms with Gasteiger partial charge in [-0.15, -0.1) is 10.2 Å². The molecule has 0 radical (unpaired) electrons. The van der Waals surface area contributed by atoms with Gasteiger partial charge in [0.15, 0.2) is 5.82 Å². The topological polar surface area (TPSA) is 63.1 Å². The van der Waals surface area contributed by atoms with Crippen molar-refractivity contribution in [1.82, 2.24) is 25.0 Å². The number of hydrogen-bond donors (Lipinski definition) is 1. The van der Waals surface area contributed by atoms with E-state index in [1.165, 1.54) is 17.0 Å². The average Bonchev–Trinajstić information content (AvgIpc) is 2.89. The Balaban J connectivity index is 2.02. The van der Waals surface area contributed by atoms with Crippen LogP contribution in [0.1, 0.15) is 24.4 Å². The second kappa shape index (κ2) is 6.74. The van der Waals surface area contributed by atoms with E-state index in [4.69, 9.17) is 11.6 Å². The standard InChI is InChI=1S/C14H17ClFN5O/c1-9(13-19-17-8-21(13)3)18-14(22)20(2)7-10-11(15)5-4-6-12(10)16/h4-6,8-9H,7H2,1-3H3,(H,18,22). The van der Waals surface area contributed by atoms with Gasteiger partial charge in [-0.05, 0) is 19.1 Å². The molecule has 1 unspecified atom stereocenters. The molecular formula is C14H17ClFN5O. The van der Waals surface area contributed by atoms with Crippen molar-refractivity contribution in [2.45, 2.75) is 19.5 Å². The van der Waals surface area contributed by atoms with Gasteiger partial charge in [0.05, 0.1) is 12.6 Å². The first-order valence-electron chi connectivity index (χ1n) is 6.68. The van der Waals surface area contributed by atoms with Gasteiger partial charge in [0.1, 0.15) is 12.1 Å². The minimum atomic E-state index is -0.437. The molecule has 0 bridgehead atoms. The highest BCUT2D eigenvalue weighted by Crippen LogP contribution is 2.20. The predicted octanol–water partition coefficient (Wildman–Crippen LogP) is 2.51. The number of carbonyl (C=O) groups is 1. The first-order chi connectivity index (χ1) is 10.4. The summed E-state index contributed by atoms with van der Waals surface area (Å²) in [5, 5.41) is 10.8. The maximum Gasteiger partial charge on any atom is 0.318 e. The van der Waals surface area contributed by atoms with Gasteiger partial charge >= 0.3 is 6.03 Å². The van der Waals surface area contributed by atoms with Crippen LogP contribution in [0.25, 0.3) is 0 Å². The predicted molar refractivity (Wildman–Crippen MR) is 80.8 cm³/mol. The summed E-state index contributed by atoms with van der Waals surface area (Å²) in [6.45, 7) is 1.87. The molecule has 0 spiro atoms. The molecule has 1 aromatic carbocycles. The smallest absolute Gasteiger partial charge is 0.318 e. The van der Waals surface area contributed by atoms with Crippen molar-refractivity contribution in [1.29, 1.82) is 0 Å². The Labute approximate surface area is 132 Å². The molecule has 2 amide bonds. The fraction of sp³-hybridized carbons (Fsp3) is 0.357. The van der Waals surface area contributed by atoms with Crippen LogP contribution in [0, 0.1) is 5.82 Å². The van der Waals surface area contributed by atoms with Gasteiger partial charge in [-0.3, -0.25) is 0 Å². The van der Waals surface area contributed by atoms with Gasteiger partial charge in [-0.25, -0.2) is 9.18 Å². The van der Waals surface area contributed by atoms with E-state index >= 15 is 0 Å². The summed E-state index contributed by atoms with van der Waals surface area (Å²) in [5.41, 5.74) is 0.285. The van der Waals surface area contributed by atoms with Crippen LogP contribution < -0.4 is 5.32 Å². The van der Waals surface area contributed by atoms with Gasteiger partial charge in [-0.1, -0.05) is 17.7 Å². The van der Waals surface area contributed by atoms with Crippen molar-refractivity contribution in [2.75, 3.05) is 7.05 Å². The summed E-state index contributed by atoms with van der Waals surface area (Å²) < 4.78 is 15.5. The zero-order valence-corrected chi connectivity index (χ0v) is 13.3. The summed E-state index contributed by atoms with van der Waals surface area (Å²) in [4.78, 5) is 13.5. The van der Waals surface area contributed by atoms with E-state index in [9.17, 15) is 9.18 Å². The quantitative estimate of drug-likeness (QED) is 0.939. The molecule has 8 heteroatoms. The van der Waals surface area contributed by atoms with Gasteiger partial charge in [0.25, 0.3) is 0 Å². The fourth-order valence-corrected chi connectivity index (χ4v) is 2.26. The maximum atomic E-state index is 13.7. The number of rotatable bonds is 4. The number of aryl methyl sites for hydroxylation is 1. The summed E-state index contributed by atoms with van der Waals surface area (Å²) in [6, 6.07) is 3.76. The van der Waals surface area contributed by atoms with Gasteiger partial charge < -0.3 is 14.8 Å². The zero-order chi connectivity index (χ0) is 16.3. The third-order valence-corrected chi connectivity index (χ3v) is 3.63. The van der Waals surface area contributed by atoms with Crippen molar-refractivity contribution >= 4 is 17.6 Å². The molecule has 0 saturated heterocycles. The van der Waals surface area contributed by atoms with E-state index in [-0.39, 0.29) is 24.2 Å². The van der Waals surface area contributed by atoms with E-state index < -0.39 is 5.82 Å². The highest BCUT2D eigenvalue weighted by molar-refractivity contribution is 6.31. The van der Waals surface area contributed by atoms with E-state index in [0.29, 0.717) is 10.8 Å². The molecule has 1 aromatic heterocycles. The lowest BCUT2D eigenvalue weighted by Gasteiger charge is -2.21. The second-order valence-corrected chi connectivity index (χ2v) is 5.43. The Morgan fingerprint density at radius 3 is 2.86 bits per heavy atom. The lowest BCUT2D eigenvalue weighted by atomic mass is 10.2. The lowest BCUT2D eigenvalue weighted by molar-refractivity contribution is 0.202. The van der Waals surface area contributed by atoms with Crippen molar-refractivity contribution in [3.05, 3.63) is 46.8 Å². The van der Waals surface area contributed by atoms with Crippen LogP contribution in [0.15, 0.2) is 24.5 Å². The SMILES string of the molecule is CC(NC(=O)N(C)Cc1c(F)cccc1Cl)c1nncn1C. The molecule has 0 fully saturated rings. The molecule has 1 atom stereocenters. The summed E-state index contributed by atoms with van der Waals surface area (Å²) in [7, 11) is 3.36. The molecule has 1 N–H and O–H groups in total. The molecule has 2 rings (SSSR count). The summed E-state index contributed by atoms with van der Waals surface area (Å²) >= 11 is 5.97. The third-order valence-electron chi connectivity index (χ3n) is 3.28. The number of hydrogen-bond acceptors (Lipinski definition) is 3. The molecule has 6 nitrogen and oxygen atoms in total. The third kappa shape index (κ3) is 3.54. The average molecular weight is 326 g/mol. The van der Waals surface area contributed by atoms with Crippen LogP contribution in [0.3, 0.4) is 0 Å². The van der Waals surface area contributed by atoms with Crippen LogP contribution in [0.4, 0.5) is 9.18 Å². The lowest BCUT2D eigenvalue weighted by Crippen LogP contribution is -2.39. The molecule has 0 aliphatic carbocycles. The van der Waals surface area contributed by atoms with E-state index in [1.54, 1.807) is 38.0 Å². The van der Waals surface area contributed by atoms with Crippen LogP contribution in [0.5, 0.6) is 0 Å². The second-order valence-electron chi connectivity index (χ2n) is 5.03. The first kappa shape index (κ1) is 16.2.